The Hall–Kier alpha value is -3.14. The molecule has 1 aliphatic heterocycles. The maximum Gasteiger partial charge on any atom is 0.163 e. The predicted molar refractivity (Wildman–Crippen MR) is 107 cm³/mol. The maximum absolute atomic E-state index is 5.93. The highest BCUT2D eigenvalue weighted by Crippen LogP contribution is 2.32. The highest BCUT2D eigenvalue weighted by atomic mass is 16.6. The van der Waals surface area contributed by atoms with Gasteiger partial charge in [0.05, 0.1) is 0 Å². The minimum Gasteiger partial charge on any atom is -0.489 e. The van der Waals surface area contributed by atoms with Crippen molar-refractivity contribution in [3.8, 4) is 17.2 Å². The Labute approximate surface area is 159 Å². The second-order valence-corrected chi connectivity index (χ2v) is 6.63. The van der Waals surface area contributed by atoms with Crippen LogP contribution in [0, 0.1) is 6.92 Å². The highest BCUT2D eigenvalue weighted by molar-refractivity contribution is 5.55. The van der Waals surface area contributed by atoms with Crippen LogP contribution in [0.15, 0.2) is 66.7 Å². The molecule has 0 radical (unpaired) electrons. The first-order chi connectivity index (χ1) is 13.3. The van der Waals surface area contributed by atoms with Gasteiger partial charge in [-0.3, -0.25) is 0 Å². The molecule has 0 amide bonds. The summed E-state index contributed by atoms with van der Waals surface area (Å²) in [6, 6.07) is 22.5. The van der Waals surface area contributed by atoms with Crippen LogP contribution >= 0.6 is 0 Å². The average Bonchev–Trinajstić information content (AvgIpc) is 2.72. The molecule has 3 aromatic carbocycles. The first kappa shape index (κ1) is 17.3. The number of benzene rings is 3. The summed E-state index contributed by atoms with van der Waals surface area (Å²) in [6.07, 6.45) is 0. The zero-order valence-corrected chi connectivity index (χ0v) is 15.4. The molecular formula is C23H23NO3. The molecule has 4 heteroatoms. The molecule has 4 rings (SSSR count). The average molecular weight is 361 g/mol. The van der Waals surface area contributed by atoms with Gasteiger partial charge >= 0.3 is 0 Å². The molecule has 4 nitrogen and oxygen atoms in total. The molecule has 138 valence electrons. The fourth-order valence-corrected chi connectivity index (χ4v) is 2.95. The van der Waals surface area contributed by atoms with E-state index in [1.54, 1.807) is 0 Å². The van der Waals surface area contributed by atoms with Crippen molar-refractivity contribution in [2.75, 3.05) is 18.5 Å². The zero-order valence-electron chi connectivity index (χ0n) is 15.4. The summed E-state index contributed by atoms with van der Waals surface area (Å²) in [5.74, 6) is 2.47. The lowest BCUT2D eigenvalue weighted by Crippen LogP contribution is -2.15. The first-order valence-electron chi connectivity index (χ1n) is 9.17. The normalized spacial score (nSPS) is 12.5. The Balaban J connectivity index is 1.35. The summed E-state index contributed by atoms with van der Waals surface area (Å²) in [7, 11) is 0. The molecule has 0 saturated carbocycles. The summed E-state index contributed by atoms with van der Waals surface area (Å²) in [5.41, 5.74) is 4.59. The molecule has 0 bridgehead atoms. The van der Waals surface area contributed by atoms with E-state index in [1.165, 1.54) is 11.1 Å². The molecule has 0 fully saturated rings. The van der Waals surface area contributed by atoms with Crippen LogP contribution in [0.1, 0.15) is 16.7 Å². The lowest BCUT2D eigenvalue weighted by molar-refractivity contribution is 0.171. The highest BCUT2D eigenvalue weighted by Gasteiger charge is 2.11. The molecule has 27 heavy (non-hydrogen) atoms. The molecule has 0 aromatic heterocycles. The van der Waals surface area contributed by atoms with Crippen molar-refractivity contribution < 1.29 is 14.2 Å². The van der Waals surface area contributed by atoms with Crippen molar-refractivity contribution in [3.05, 3.63) is 83.4 Å². The van der Waals surface area contributed by atoms with E-state index in [4.69, 9.17) is 14.2 Å². The number of hydrogen-bond donors (Lipinski definition) is 1. The monoisotopic (exact) mass is 361 g/mol. The molecule has 0 spiro atoms. The van der Waals surface area contributed by atoms with Crippen LogP contribution in [0.3, 0.4) is 0 Å². The van der Waals surface area contributed by atoms with Crippen molar-refractivity contribution in [2.24, 2.45) is 0 Å². The largest absolute Gasteiger partial charge is 0.489 e. The van der Waals surface area contributed by atoms with Crippen LogP contribution in [0.4, 0.5) is 5.69 Å². The predicted octanol–water partition coefficient (Wildman–Crippen LogP) is 4.96. The molecule has 0 unspecified atom stereocenters. The minimum absolute atomic E-state index is 0.569. The number of aryl methyl sites for hydroxylation is 1. The Morgan fingerprint density at radius 2 is 1.67 bits per heavy atom. The number of ether oxygens (including phenoxy) is 3. The van der Waals surface area contributed by atoms with Gasteiger partial charge in [-0.2, -0.15) is 0 Å². The van der Waals surface area contributed by atoms with Crippen molar-refractivity contribution in [3.63, 3.8) is 0 Å². The Kier molecular flexibility index (Phi) is 5.15. The third-order valence-electron chi connectivity index (χ3n) is 4.46. The van der Waals surface area contributed by atoms with Gasteiger partial charge in [0.1, 0.15) is 25.6 Å². The van der Waals surface area contributed by atoms with E-state index in [9.17, 15) is 0 Å². The molecule has 1 N–H and O–H groups in total. The third-order valence-corrected chi connectivity index (χ3v) is 4.46. The molecular weight excluding hydrogens is 338 g/mol. The van der Waals surface area contributed by atoms with Crippen molar-refractivity contribution in [2.45, 2.75) is 20.1 Å². The van der Waals surface area contributed by atoms with Crippen LogP contribution < -0.4 is 19.5 Å². The molecule has 0 saturated heterocycles. The quantitative estimate of drug-likeness (QED) is 0.674. The molecule has 0 aliphatic carbocycles. The number of nitrogens with one attached hydrogen (secondary N) is 1. The van der Waals surface area contributed by atoms with Crippen molar-refractivity contribution >= 4 is 5.69 Å². The van der Waals surface area contributed by atoms with Crippen LogP contribution in [0.5, 0.6) is 17.2 Å². The summed E-state index contributed by atoms with van der Waals surface area (Å²) >= 11 is 0. The molecule has 1 heterocycles. The van der Waals surface area contributed by atoms with Crippen LogP contribution in [0.2, 0.25) is 0 Å². The summed E-state index contributed by atoms with van der Waals surface area (Å²) in [5, 5.41) is 3.43. The fraction of sp³-hybridized carbons (Fsp3) is 0.217. The van der Waals surface area contributed by atoms with E-state index in [1.807, 2.05) is 30.3 Å². The van der Waals surface area contributed by atoms with Crippen molar-refractivity contribution in [1.82, 2.24) is 0 Å². The van der Waals surface area contributed by atoms with Gasteiger partial charge < -0.3 is 19.5 Å². The van der Waals surface area contributed by atoms with Gasteiger partial charge in [0.2, 0.25) is 0 Å². The summed E-state index contributed by atoms with van der Waals surface area (Å²) in [6.45, 7) is 4.56. The van der Waals surface area contributed by atoms with Gasteiger partial charge in [-0.15, -0.1) is 0 Å². The van der Waals surface area contributed by atoms with Gasteiger partial charge in [0.25, 0.3) is 0 Å². The number of fused-ring (bicyclic) bond motifs is 1. The Morgan fingerprint density at radius 3 is 2.52 bits per heavy atom. The van der Waals surface area contributed by atoms with Crippen LogP contribution in [-0.2, 0) is 13.2 Å². The van der Waals surface area contributed by atoms with E-state index in [0.717, 1.165) is 28.5 Å². The lowest BCUT2D eigenvalue weighted by atomic mass is 10.1. The number of rotatable bonds is 6. The van der Waals surface area contributed by atoms with Crippen LogP contribution in [0.25, 0.3) is 0 Å². The zero-order chi connectivity index (χ0) is 18.5. The van der Waals surface area contributed by atoms with Crippen LogP contribution in [-0.4, -0.2) is 13.2 Å². The fourth-order valence-electron chi connectivity index (χ4n) is 2.95. The first-order valence-corrected chi connectivity index (χ1v) is 9.17. The van der Waals surface area contributed by atoms with E-state index < -0.39 is 0 Å². The van der Waals surface area contributed by atoms with E-state index in [0.29, 0.717) is 26.4 Å². The smallest absolute Gasteiger partial charge is 0.163 e. The van der Waals surface area contributed by atoms with Gasteiger partial charge in [-0.05, 0) is 42.3 Å². The molecule has 3 aromatic rings. The standard InChI is InChI=1S/C23H23NO3/c1-17-5-7-18(8-6-17)16-27-21-4-2-3-19(13-21)15-24-20-9-10-22-23(14-20)26-12-11-25-22/h2-10,13-14,24H,11-12,15-16H2,1H3. The minimum atomic E-state index is 0.569. The third kappa shape index (κ3) is 4.53. The topological polar surface area (TPSA) is 39.7 Å². The van der Waals surface area contributed by atoms with E-state index in [-0.39, 0.29) is 0 Å². The number of hydrogen-bond acceptors (Lipinski definition) is 4. The molecule has 0 atom stereocenters. The van der Waals surface area contributed by atoms with E-state index >= 15 is 0 Å². The van der Waals surface area contributed by atoms with Gasteiger partial charge in [-0.25, -0.2) is 0 Å². The second kappa shape index (κ2) is 8.04. The Morgan fingerprint density at radius 1 is 0.852 bits per heavy atom. The summed E-state index contributed by atoms with van der Waals surface area (Å²) < 4.78 is 17.1. The summed E-state index contributed by atoms with van der Waals surface area (Å²) in [4.78, 5) is 0. The van der Waals surface area contributed by atoms with Gasteiger partial charge in [-0.1, -0.05) is 42.0 Å². The maximum atomic E-state index is 5.93. The van der Waals surface area contributed by atoms with Crippen molar-refractivity contribution in [1.29, 1.82) is 0 Å². The SMILES string of the molecule is Cc1ccc(COc2cccc(CNc3ccc4c(c3)OCCO4)c2)cc1. The lowest BCUT2D eigenvalue weighted by Gasteiger charge is -2.19. The Bertz CT molecular complexity index is 906. The van der Waals surface area contributed by atoms with Gasteiger partial charge in [0, 0.05) is 18.3 Å². The second-order valence-electron chi connectivity index (χ2n) is 6.63. The van der Waals surface area contributed by atoms with E-state index in [2.05, 4.69) is 48.6 Å². The van der Waals surface area contributed by atoms with Gasteiger partial charge in [0.15, 0.2) is 11.5 Å². The number of anilines is 1. The molecule has 1 aliphatic rings.